The molecule has 1 aliphatic rings. The lowest BCUT2D eigenvalue weighted by Gasteiger charge is -2.26. The summed E-state index contributed by atoms with van der Waals surface area (Å²) in [7, 11) is -1.17. The molecule has 1 aliphatic heterocycles. The van der Waals surface area contributed by atoms with E-state index in [-0.39, 0.29) is 17.2 Å². The Labute approximate surface area is 190 Å². The fraction of sp³-hybridized carbons (Fsp3) is 0.182. The fourth-order valence-corrected chi connectivity index (χ4v) is 5.77. The molecule has 6 nitrogen and oxygen atoms in total. The van der Waals surface area contributed by atoms with Crippen molar-refractivity contribution in [3.8, 4) is 11.5 Å². The number of methoxy groups -OCH3 is 2. The average molecular weight is 480 g/mol. The molecule has 0 saturated carbocycles. The van der Waals surface area contributed by atoms with Gasteiger partial charge in [-0.15, -0.1) is 0 Å². The van der Waals surface area contributed by atoms with Crippen LogP contribution in [0.3, 0.4) is 0 Å². The molecule has 3 aromatic rings. The molecule has 1 N–H and O–H groups in total. The lowest BCUT2D eigenvalue weighted by molar-refractivity contribution is 0.101. The van der Waals surface area contributed by atoms with Gasteiger partial charge in [0, 0.05) is 27.2 Å². The number of hydrogen-bond acceptors (Lipinski definition) is 5. The topological polar surface area (TPSA) is 76.1 Å². The van der Waals surface area contributed by atoms with Gasteiger partial charge in [0.1, 0.15) is 5.60 Å². The Kier molecular flexibility index (Phi) is 5.55. The van der Waals surface area contributed by atoms with Crippen molar-refractivity contribution in [3.63, 3.8) is 0 Å². The second-order valence-corrected chi connectivity index (χ2v) is 9.74. The number of hydrogen-bond donors (Lipinski definition) is 1. The fourth-order valence-electron chi connectivity index (χ4n) is 3.78. The summed E-state index contributed by atoms with van der Waals surface area (Å²) in [5.74, 6) is 0.683. The Morgan fingerprint density at radius 1 is 0.935 bits per heavy atom. The summed E-state index contributed by atoms with van der Waals surface area (Å²) in [5.41, 5.74) is -0.605. The van der Waals surface area contributed by atoms with Crippen molar-refractivity contribution in [2.24, 2.45) is 0 Å². The first-order valence-electron chi connectivity index (χ1n) is 9.24. The van der Waals surface area contributed by atoms with Gasteiger partial charge < -0.3 is 14.6 Å². The van der Waals surface area contributed by atoms with Crippen molar-refractivity contribution < 1.29 is 23.0 Å². The third kappa shape index (κ3) is 3.51. The molecule has 4 rings (SSSR count). The smallest absolute Gasteiger partial charge is 0.264 e. The van der Waals surface area contributed by atoms with E-state index in [4.69, 9.17) is 32.7 Å². The van der Waals surface area contributed by atoms with Crippen LogP contribution in [-0.2, 0) is 15.6 Å². The first-order valence-corrected chi connectivity index (χ1v) is 11.4. The molecule has 0 aliphatic carbocycles. The van der Waals surface area contributed by atoms with Crippen molar-refractivity contribution in [2.75, 3.05) is 25.1 Å². The van der Waals surface area contributed by atoms with E-state index in [1.807, 2.05) is 0 Å². The highest BCUT2D eigenvalue weighted by Crippen LogP contribution is 2.48. The van der Waals surface area contributed by atoms with Crippen LogP contribution in [0.4, 0.5) is 5.69 Å². The van der Waals surface area contributed by atoms with Crippen LogP contribution >= 0.6 is 23.2 Å². The first-order chi connectivity index (χ1) is 14.7. The number of halogens is 2. The van der Waals surface area contributed by atoms with Gasteiger partial charge in [-0.2, -0.15) is 0 Å². The van der Waals surface area contributed by atoms with E-state index in [2.05, 4.69) is 0 Å². The number of β-amino-alcohol motifs (C(OH)–C–C–N with tert-alkyl or cyclic N) is 1. The molecule has 1 atom stereocenters. The van der Waals surface area contributed by atoms with E-state index < -0.39 is 15.6 Å². The zero-order chi connectivity index (χ0) is 22.4. The number of fused-ring (bicyclic) bond motifs is 1. The summed E-state index contributed by atoms with van der Waals surface area (Å²) in [6.45, 7) is -0.261. The molecule has 162 valence electrons. The molecular weight excluding hydrogens is 461 g/mol. The van der Waals surface area contributed by atoms with E-state index in [1.165, 1.54) is 32.4 Å². The molecule has 0 bridgehead atoms. The standard InChI is InChI=1S/C22H19Cl2NO5S/c1-29-20-10-8-15(12-21(20)30-2)31(27,28)25-13-22(26,16-5-3-4-6-18(16)24)17-11-14(23)7-9-19(17)25/h3-12,26H,13H2,1-2H3. The Balaban J connectivity index is 1.88. The Hall–Kier alpha value is -2.45. The minimum absolute atomic E-state index is 0.00513. The second-order valence-electron chi connectivity index (χ2n) is 7.03. The summed E-state index contributed by atoms with van der Waals surface area (Å²) < 4.78 is 38.8. The normalized spacial score (nSPS) is 18.0. The predicted octanol–water partition coefficient (Wildman–Crippen LogP) is 4.46. The van der Waals surface area contributed by atoms with Gasteiger partial charge in [-0.1, -0.05) is 41.4 Å². The lowest BCUT2D eigenvalue weighted by Crippen LogP contribution is -2.38. The van der Waals surface area contributed by atoms with E-state index >= 15 is 0 Å². The monoisotopic (exact) mass is 479 g/mol. The largest absolute Gasteiger partial charge is 0.493 e. The van der Waals surface area contributed by atoms with Crippen LogP contribution in [-0.4, -0.2) is 34.3 Å². The molecule has 0 aromatic heterocycles. The van der Waals surface area contributed by atoms with Gasteiger partial charge >= 0.3 is 0 Å². The predicted molar refractivity (Wildman–Crippen MR) is 120 cm³/mol. The van der Waals surface area contributed by atoms with Crippen LogP contribution in [0.1, 0.15) is 11.1 Å². The van der Waals surface area contributed by atoms with Crippen LogP contribution in [0.25, 0.3) is 0 Å². The summed E-state index contributed by atoms with van der Waals surface area (Å²) in [5, 5.41) is 12.4. The summed E-state index contributed by atoms with van der Waals surface area (Å²) >= 11 is 12.5. The highest BCUT2D eigenvalue weighted by atomic mass is 35.5. The SMILES string of the molecule is COc1ccc(S(=O)(=O)N2CC(O)(c3ccccc3Cl)c3cc(Cl)ccc32)cc1OC. The molecule has 3 aromatic carbocycles. The van der Waals surface area contributed by atoms with Crippen molar-refractivity contribution in [3.05, 3.63) is 81.8 Å². The maximum atomic E-state index is 13.6. The number of sulfonamides is 1. The maximum absolute atomic E-state index is 13.6. The molecule has 0 saturated heterocycles. The van der Waals surface area contributed by atoms with Gasteiger partial charge in [0.25, 0.3) is 10.0 Å². The maximum Gasteiger partial charge on any atom is 0.264 e. The number of nitrogens with zero attached hydrogens (tertiary/aromatic N) is 1. The van der Waals surface area contributed by atoms with Gasteiger partial charge in [0.05, 0.1) is 31.3 Å². The van der Waals surface area contributed by atoms with E-state index in [0.717, 1.165) is 4.31 Å². The molecule has 1 heterocycles. The molecular formula is C22H19Cl2NO5S. The van der Waals surface area contributed by atoms with Crippen LogP contribution in [0, 0.1) is 0 Å². The molecule has 0 amide bonds. The molecule has 0 fully saturated rings. The van der Waals surface area contributed by atoms with Gasteiger partial charge in [0.2, 0.25) is 0 Å². The van der Waals surface area contributed by atoms with Crippen molar-refractivity contribution in [1.82, 2.24) is 0 Å². The molecule has 31 heavy (non-hydrogen) atoms. The van der Waals surface area contributed by atoms with Gasteiger partial charge in [-0.3, -0.25) is 4.31 Å². The first kappa shape index (κ1) is 21.8. The van der Waals surface area contributed by atoms with Gasteiger partial charge in [0.15, 0.2) is 11.5 Å². The summed E-state index contributed by atoms with van der Waals surface area (Å²) in [6.07, 6.45) is 0. The number of aliphatic hydroxyl groups is 1. The minimum Gasteiger partial charge on any atom is -0.493 e. The minimum atomic E-state index is -4.06. The van der Waals surface area contributed by atoms with E-state index in [9.17, 15) is 13.5 Å². The second kappa shape index (κ2) is 7.91. The van der Waals surface area contributed by atoms with Crippen molar-refractivity contribution in [2.45, 2.75) is 10.5 Å². The lowest BCUT2D eigenvalue weighted by atomic mass is 9.88. The quantitative estimate of drug-likeness (QED) is 0.584. The Morgan fingerprint density at radius 2 is 1.65 bits per heavy atom. The van der Waals surface area contributed by atoms with E-state index in [0.29, 0.717) is 32.6 Å². The third-order valence-electron chi connectivity index (χ3n) is 5.31. The zero-order valence-electron chi connectivity index (χ0n) is 16.7. The molecule has 9 heteroatoms. The van der Waals surface area contributed by atoms with E-state index in [1.54, 1.807) is 42.5 Å². The average Bonchev–Trinajstić information content (AvgIpc) is 3.07. The number of rotatable bonds is 5. The Bertz CT molecular complexity index is 1260. The summed E-state index contributed by atoms with van der Waals surface area (Å²) in [4.78, 5) is -0.00513. The molecule has 0 radical (unpaired) electrons. The van der Waals surface area contributed by atoms with Crippen LogP contribution in [0.15, 0.2) is 65.6 Å². The van der Waals surface area contributed by atoms with Crippen LogP contribution in [0.5, 0.6) is 11.5 Å². The number of ether oxygens (including phenoxy) is 2. The molecule has 0 spiro atoms. The van der Waals surface area contributed by atoms with Crippen LogP contribution in [0.2, 0.25) is 10.0 Å². The molecule has 1 unspecified atom stereocenters. The van der Waals surface area contributed by atoms with Gasteiger partial charge in [-0.05, 0) is 36.4 Å². The highest BCUT2D eigenvalue weighted by Gasteiger charge is 2.48. The van der Waals surface area contributed by atoms with Crippen molar-refractivity contribution in [1.29, 1.82) is 0 Å². The Morgan fingerprint density at radius 3 is 2.32 bits per heavy atom. The third-order valence-corrected chi connectivity index (χ3v) is 7.63. The van der Waals surface area contributed by atoms with Crippen LogP contribution < -0.4 is 13.8 Å². The van der Waals surface area contributed by atoms with Crippen molar-refractivity contribution >= 4 is 38.9 Å². The summed E-state index contributed by atoms with van der Waals surface area (Å²) in [6, 6.07) is 15.8. The zero-order valence-corrected chi connectivity index (χ0v) is 19.0. The highest BCUT2D eigenvalue weighted by molar-refractivity contribution is 7.92. The van der Waals surface area contributed by atoms with Gasteiger partial charge in [-0.25, -0.2) is 8.42 Å². The number of benzene rings is 3. The number of anilines is 1.